The maximum atomic E-state index is 12.9. The van der Waals surface area contributed by atoms with Crippen LogP contribution in [0.25, 0.3) is 6.08 Å². The number of nitro groups is 1. The SMILES string of the molecule is CCCOc1ccc(/C=C(\NC(=O)c2ccccc2)C(=O)NN=C(C)Cn2nnc([N+](=O)[O-])n2)cc1. The van der Waals surface area contributed by atoms with Crippen molar-refractivity contribution in [1.29, 1.82) is 0 Å². The highest BCUT2D eigenvalue weighted by molar-refractivity contribution is 6.05. The van der Waals surface area contributed by atoms with Crippen molar-refractivity contribution in [1.82, 2.24) is 30.9 Å². The van der Waals surface area contributed by atoms with Crippen LogP contribution in [0.4, 0.5) is 5.95 Å². The van der Waals surface area contributed by atoms with Crippen molar-refractivity contribution in [3.8, 4) is 5.75 Å². The number of nitrogens with zero attached hydrogens (tertiary/aromatic N) is 6. The standard InChI is InChI=1S/C23H24N8O5/c1-3-13-36-19-11-9-17(10-12-19)14-20(24-21(32)18-7-5-4-6-8-18)22(33)26-25-16(2)15-30-28-23(27-29-30)31(34)35/h4-12,14H,3,13,15H2,1-2H3,(H,24,32)(H,26,33)/b20-14-,25-16?. The summed E-state index contributed by atoms with van der Waals surface area (Å²) in [6, 6.07) is 15.5. The van der Waals surface area contributed by atoms with Crippen LogP contribution in [-0.4, -0.2) is 49.3 Å². The minimum Gasteiger partial charge on any atom is -0.494 e. The molecule has 13 heteroatoms. The Labute approximate surface area is 206 Å². The molecule has 0 radical (unpaired) electrons. The van der Waals surface area contributed by atoms with Gasteiger partial charge in [-0.15, -0.1) is 0 Å². The normalized spacial score (nSPS) is 11.6. The van der Waals surface area contributed by atoms with Crippen LogP contribution in [0, 0.1) is 10.1 Å². The number of hydrogen-bond donors (Lipinski definition) is 2. The average molecular weight is 492 g/mol. The van der Waals surface area contributed by atoms with Crippen molar-refractivity contribution in [3.63, 3.8) is 0 Å². The Balaban J connectivity index is 1.76. The van der Waals surface area contributed by atoms with E-state index in [2.05, 4.69) is 31.3 Å². The fraction of sp³-hybridized carbons (Fsp3) is 0.217. The zero-order valence-corrected chi connectivity index (χ0v) is 19.6. The zero-order chi connectivity index (χ0) is 25.9. The molecule has 0 saturated carbocycles. The van der Waals surface area contributed by atoms with Crippen molar-refractivity contribution in [3.05, 3.63) is 81.5 Å². The van der Waals surface area contributed by atoms with Crippen LogP contribution < -0.4 is 15.5 Å². The highest BCUT2D eigenvalue weighted by Crippen LogP contribution is 2.15. The first-order chi connectivity index (χ1) is 17.4. The third-order valence-electron chi connectivity index (χ3n) is 4.52. The summed E-state index contributed by atoms with van der Waals surface area (Å²) in [6.07, 6.45) is 2.38. The average Bonchev–Trinajstić information content (AvgIpc) is 3.35. The topological polar surface area (TPSA) is 167 Å². The summed E-state index contributed by atoms with van der Waals surface area (Å²) in [6.45, 7) is 4.12. The molecule has 36 heavy (non-hydrogen) atoms. The Morgan fingerprint density at radius 1 is 1.17 bits per heavy atom. The molecule has 0 saturated heterocycles. The molecule has 0 unspecified atom stereocenters. The first kappa shape index (κ1) is 25.7. The molecule has 0 fully saturated rings. The van der Waals surface area contributed by atoms with E-state index in [0.717, 1.165) is 11.2 Å². The van der Waals surface area contributed by atoms with E-state index in [9.17, 15) is 19.7 Å². The summed E-state index contributed by atoms with van der Waals surface area (Å²) in [7, 11) is 0. The first-order valence-corrected chi connectivity index (χ1v) is 10.9. The molecule has 0 aliphatic heterocycles. The lowest BCUT2D eigenvalue weighted by Gasteiger charge is -2.10. The molecule has 1 heterocycles. The number of ether oxygens (including phenoxy) is 1. The third-order valence-corrected chi connectivity index (χ3v) is 4.52. The van der Waals surface area contributed by atoms with Gasteiger partial charge in [0.25, 0.3) is 11.8 Å². The lowest BCUT2D eigenvalue weighted by molar-refractivity contribution is -0.394. The number of tetrazole rings is 1. The second-order valence-electron chi connectivity index (χ2n) is 7.46. The van der Waals surface area contributed by atoms with Gasteiger partial charge < -0.3 is 20.2 Å². The van der Waals surface area contributed by atoms with Crippen molar-refractivity contribution < 1.29 is 19.2 Å². The van der Waals surface area contributed by atoms with Gasteiger partial charge in [0.2, 0.25) is 0 Å². The molecule has 3 rings (SSSR count). The number of carbonyl (C=O) groups is 2. The molecule has 0 aliphatic carbocycles. The molecule has 2 amide bonds. The lowest BCUT2D eigenvalue weighted by Crippen LogP contribution is -2.33. The highest BCUT2D eigenvalue weighted by Gasteiger charge is 2.17. The van der Waals surface area contributed by atoms with Gasteiger partial charge in [0.05, 0.1) is 22.5 Å². The van der Waals surface area contributed by atoms with E-state index in [4.69, 9.17) is 4.74 Å². The van der Waals surface area contributed by atoms with Gasteiger partial charge in [-0.3, -0.25) is 9.59 Å². The van der Waals surface area contributed by atoms with Crippen molar-refractivity contribution in [2.75, 3.05) is 6.61 Å². The minimum atomic E-state index is -0.771. The molecule has 0 bridgehead atoms. The molecule has 0 aliphatic rings. The lowest BCUT2D eigenvalue weighted by atomic mass is 10.1. The van der Waals surface area contributed by atoms with E-state index in [1.165, 1.54) is 6.08 Å². The van der Waals surface area contributed by atoms with Gasteiger partial charge in [-0.1, -0.05) is 42.1 Å². The molecule has 2 aromatic carbocycles. The predicted molar refractivity (Wildman–Crippen MR) is 130 cm³/mol. The Hall–Kier alpha value is -4.94. The maximum absolute atomic E-state index is 12.9. The van der Waals surface area contributed by atoms with Crippen LogP contribution in [-0.2, 0) is 11.3 Å². The van der Waals surface area contributed by atoms with E-state index in [1.54, 1.807) is 61.5 Å². The summed E-state index contributed by atoms with van der Waals surface area (Å²) < 4.78 is 5.57. The van der Waals surface area contributed by atoms with Crippen molar-refractivity contribution in [2.24, 2.45) is 5.10 Å². The van der Waals surface area contributed by atoms with E-state index >= 15 is 0 Å². The van der Waals surface area contributed by atoms with Gasteiger partial charge in [0.1, 0.15) is 18.0 Å². The van der Waals surface area contributed by atoms with Gasteiger partial charge in [-0.2, -0.15) is 5.10 Å². The summed E-state index contributed by atoms with van der Waals surface area (Å²) >= 11 is 0. The summed E-state index contributed by atoms with van der Waals surface area (Å²) in [5, 5.41) is 27.7. The number of carbonyl (C=O) groups excluding carboxylic acids is 2. The predicted octanol–water partition coefficient (Wildman–Crippen LogP) is 2.33. The monoisotopic (exact) mass is 492 g/mol. The molecular weight excluding hydrogens is 468 g/mol. The van der Waals surface area contributed by atoms with Crippen LogP contribution in [0.1, 0.15) is 36.2 Å². The van der Waals surface area contributed by atoms with Gasteiger partial charge >= 0.3 is 5.95 Å². The Bertz CT molecular complexity index is 1270. The van der Waals surface area contributed by atoms with Gasteiger partial charge in [-0.25, -0.2) is 5.43 Å². The summed E-state index contributed by atoms with van der Waals surface area (Å²) in [5.74, 6) is -1.11. The molecular formula is C23H24N8O5. The summed E-state index contributed by atoms with van der Waals surface area (Å²) in [5.41, 5.74) is 3.68. The molecule has 3 aromatic rings. The number of nitrogens with one attached hydrogen (secondary N) is 2. The maximum Gasteiger partial charge on any atom is 0.514 e. The van der Waals surface area contributed by atoms with Gasteiger partial charge in [-0.05, 0) is 54.2 Å². The Kier molecular flexibility index (Phi) is 8.92. The fourth-order valence-corrected chi connectivity index (χ4v) is 2.81. The Morgan fingerprint density at radius 2 is 1.89 bits per heavy atom. The number of amides is 2. The number of hydrogen-bond acceptors (Lipinski definition) is 9. The summed E-state index contributed by atoms with van der Waals surface area (Å²) in [4.78, 5) is 36.5. The third kappa shape index (κ3) is 7.55. The Morgan fingerprint density at radius 3 is 2.53 bits per heavy atom. The van der Waals surface area contributed by atoms with E-state index in [0.29, 0.717) is 29.2 Å². The molecule has 0 atom stereocenters. The number of aromatic nitrogens is 4. The first-order valence-electron chi connectivity index (χ1n) is 10.9. The molecule has 13 nitrogen and oxygen atoms in total. The van der Waals surface area contributed by atoms with Crippen molar-refractivity contribution >= 4 is 29.6 Å². The second kappa shape index (κ2) is 12.5. The largest absolute Gasteiger partial charge is 0.514 e. The van der Waals surface area contributed by atoms with Crippen LogP contribution in [0.15, 0.2) is 65.4 Å². The van der Waals surface area contributed by atoms with E-state index < -0.39 is 22.7 Å². The molecule has 1 aromatic heterocycles. The van der Waals surface area contributed by atoms with Crippen LogP contribution >= 0.6 is 0 Å². The smallest absolute Gasteiger partial charge is 0.494 e. The van der Waals surface area contributed by atoms with Crippen LogP contribution in [0.5, 0.6) is 5.75 Å². The van der Waals surface area contributed by atoms with Crippen LogP contribution in [0.2, 0.25) is 0 Å². The van der Waals surface area contributed by atoms with Crippen LogP contribution in [0.3, 0.4) is 0 Å². The second-order valence-corrected chi connectivity index (χ2v) is 7.46. The van der Waals surface area contributed by atoms with Gasteiger partial charge in [0, 0.05) is 10.8 Å². The van der Waals surface area contributed by atoms with Crippen molar-refractivity contribution in [2.45, 2.75) is 26.8 Å². The number of rotatable bonds is 11. The van der Waals surface area contributed by atoms with E-state index in [-0.39, 0.29) is 12.2 Å². The van der Waals surface area contributed by atoms with E-state index in [1.807, 2.05) is 6.92 Å². The molecule has 2 N–H and O–H groups in total. The minimum absolute atomic E-state index is 0.0443. The molecule has 186 valence electrons. The molecule has 0 spiro atoms. The quantitative estimate of drug-likeness (QED) is 0.178. The van der Waals surface area contributed by atoms with Gasteiger partial charge in [0.15, 0.2) is 0 Å². The highest BCUT2D eigenvalue weighted by atomic mass is 16.6. The zero-order valence-electron chi connectivity index (χ0n) is 19.6. The number of benzene rings is 2. The number of hydrazone groups is 1. The fourth-order valence-electron chi connectivity index (χ4n) is 2.81.